The van der Waals surface area contributed by atoms with E-state index in [1.54, 1.807) is 13.3 Å². The molecule has 21 heavy (non-hydrogen) atoms. The van der Waals surface area contributed by atoms with Crippen molar-refractivity contribution in [2.45, 2.75) is 39.3 Å². The summed E-state index contributed by atoms with van der Waals surface area (Å²) in [6.45, 7) is 5.08. The molecule has 4 heteroatoms. The SMILES string of the molecule is CCn1ncc(OC)c1C(CCc1cccc(C)c1)NC. The highest BCUT2D eigenvalue weighted by Gasteiger charge is 2.20. The molecule has 0 radical (unpaired) electrons. The minimum Gasteiger partial charge on any atom is -0.493 e. The van der Waals surface area contributed by atoms with Gasteiger partial charge in [0.1, 0.15) is 0 Å². The molecular formula is C17H25N3O. The second kappa shape index (κ2) is 7.27. The summed E-state index contributed by atoms with van der Waals surface area (Å²) in [7, 11) is 3.70. The molecule has 0 amide bonds. The number of ether oxygens (including phenoxy) is 1. The monoisotopic (exact) mass is 287 g/mol. The molecule has 1 unspecified atom stereocenters. The molecule has 0 saturated heterocycles. The molecule has 2 aromatic rings. The first-order valence-corrected chi connectivity index (χ1v) is 7.52. The summed E-state index contributed by atoms with van der Waals surface area (Å²) >= 11 is 0. The van der Waals surface area contributed by atoms with Gasteiger partial charge in [-0.15, -0.1) is 0 Å². The molecule has 0 bridgehead atoms. The molecule has 2 rings (SSSR count). The van der Waals surface area contributed by atoms with Crippen LogP contribution in [0.4, 0.5) is 0 Å². The van der Waals surface area contributed by atoms with E-state index < -0.39 is 0 Å². The van der Waals surface area contributed by atoms with Gasteiger partial charge in [0.2, 0.25) is 0 Å². The quantitative estimate of drug-likeness (QED) is 0.850. The van der Waals surface area contributed by atoms with Gasteiger partial charge in [-0.05, 0) is 39.3 Å². The molecular weight excluding hydrogens is 262 g/mol. The number of benzene rings is 1. The number of nitrogens with zero attached hydrogens (tertiary/aromatic N) is 2. The van der Waals surface area contributed by atoms with Crippen LogP contribution in [0.2, 0.25) is 0 Å². The molecule has 1 atom stereocenters. The van der Waals surface area contributed by atoms with Gasteiger partial charge in [-0.25, -0.2) is 0 Å². The fourth-order valence-electron chi connectivity index (χ4n) is 2.73. The lowest BCUT2D eigenvalue weighted by Gasteiger charge is -2.19. The van der Waals surface area contributed by atoms with Gasteiger partial charge in [0.05, 0.1) is 25.0 Å². The minimum atomic E-state index is 0.239. The molecule has 1 heterocycles. The number of aryl methyl sites for hydroxylation is 3. The van der Waals surface area contributed by atoms with Crippen molar-refractivity contribution in [2.75, 3.05) is 14.2 Å². The molecule has 0 aliphatic heterocycles. The van der Waals surface area contributed by atoms with Gasteiger partial charge in [-0.2, -0.15) is 5.10 Å². The number of nitrogens with one attached hydrogen (secondary N) is 1. The Labute approximate surface area is 127 Å². The van der Waals surface area contributed by atoms with Crippen LogP contribution in [-0.2, 0) is 13.0 Å². The fraction of sp³-hybridized carbons (Fsp3) is 0.471. The number of hydrogen-bond donors (Lipinski definition) is 1. The summed E-state index contributed by atoms with van der Waals surface area (Å²) in [6.07, 6.45) is 3.85. The van der Waals surface area contributed by atoms with Crippen molar-refractivity contribution in [3.63, 3.8) is 0 Å². The Bertz CT molecular complexity index is 556. The van der Waals surface area contributed by atoms with Crippen LogP contribution in [-0.4, -0.2) is 23.9 Å². The summed E-state index contributed by atoms with van der Waals surface area (Å²) in [5, 5.41) is 7.79. The van der Waals surface area contributed by atoms with Crippen molar-refractivity contribution in [1.82, 2.24) is 15.1 Å². The van der Waals surface area contributed by atoms with Crippen LogP contribution in [0.5, 0.6) is 5.75 Å². The van der Waals surface area contributed by atoms with Crippen molar-refractivity contribution in [3.05, 3.63) is 47.3 Å². The van der Waals surface area contributed by atoms with E-state index in [0.29, 0.717) is 0 Å². The molecule has 1 aromatic heterocycles. The van der Waals surface area contributed by atoms with Crippen molar-refractivity contribution in [1.29, 1.82) is 0 Å². The van der Waals surface area contributed by atoms with E-state index in [2.05, 4.69) is 48.5 Å². The van der Waals surface area contributed by atoms with E-state index in [1.807, 2.05) is 11.7 Å². The van der Waals surface area contributed by atoms with Gasteiger partial charge >= 0.3 is 0 Å². The molecule has 114 valence electrons. The smallest absolute Gasteiger partial charge is 0.161 e. The minimum absolute atomic E-state index is 0.239. The number of hydrogen-bond acceptors (Lipinski definition) is 3. The first-order chi connectivity index (χ1) is 10.2. The molecule has 4 nitrogen and oxygen atoms in total. The van der Waals surface area contributed by atoms with Gasteiger partial charge in [0, 0.05) is 6.54 Å². The van der Waals surface area contributed by atoms with Crippen molar-refractivity contribution in [3.8, 4) is 5.75 Å². The average molecular weight is 287 g/mol. The van der Waals surface area contributed by atoms with Crippen LogP contribution in [0.25, 0.3) is 0 Å². The maximum absolute atomic E-state index is 5.46. The topological polar surface area (TPSA) is 39.1 Å². The van der Waals surface area contributed by atoms with Crippen molar-refractivity contribution >= 4 is 0 Å². The van der Waals surface area contributed by atoms with E-state index >= 15 is 0 Å². The summed E-state index contributed by atoms with van der Waals surface area (Å²) in [4.78, 5) is 0. The molecule has 0 aliphatic rings. The highest BCUT2D eigenvalue weighted by molar-refractivity contribution is 5.29. The lowest BCUT2D eigenvalue weighted by Crippen LogP contribution is -2.21. The fourth-order valence-corrected chi connectivity index (χ4v) is 2.73. The third-order valence-corrected chi connectivity index (χ3v) is 3.85. The summed E-state index contributed by atoms with van der Waals surface area (Å²) in [5.74, 6) is 0.862. The van der Waals surface area contributed by atoms with Crippen LogP contribution >= 0.6 is 0 Å². The Morgan fingerprint density at radius 3 is 2.81 bits per heavy atom. The van der Waals surface area contributed by atoms with E-state index in [1.165, 1.54) is 11.1 Å². The van der Waals surface area contributed by atoms with Gasteiger partial charge in [0.25, 0.3) is 0 Å². The van der Waals surface area contributed by atoms with E-state index in [0.717, 1.165) is 30.8 Å². The first-order valence-electron chi connectivity index (χ1n) is 7.52. The largest absolute Gasteiger partial charge is 0.493 e. The zero-order chi connectivity index (χ0) is 15.2. The molecule has 0 spiro atoms. The highest BCUT2D eigenvalue weighted by Crippen LogP contribution is 2.28. The molecule has 1 N–H and O–H groups in total. The van der Waals surface area contributed by atoms with Crippen LogP contribution in [0.1, 0.15) is 36.2 Å². The normalized spacial score (nSPS) is 12.4. The van der Waals surface area contributed by atoms with Crippen LogP contribution < -0.4 is 10.1 Å². The van der Waals surface area contributed by atoms with Gasteiger partial charge in [-0.3, -0.25) is 4.68 Å². The van der Waals surface area contributed by atoms with Crippen LogP contribution in [0, 0.1) is 6.92 Å². The van der Waals surface area contributed by atoms with Crippen LogP contribution in [0.3, 0.4) is 0 Å². The Balaban J connectivity index is 2.15. The lowest BCUT2D eigenvalue weighted by atomic mass is 10.0. The van der Waals surface area contributed by atoms with E-state index in [4.69, 9.17) is 4.74 Å². The Kier molecular flexibility index (Phi) is 5.39. The van der Waals surface area contributed by atoms with E-state index in [-0.39, 0.29) is 6.04 Å². The predicted molar refractivity (Wildman–Crippen MR) is 85.8 cm³/mol. The second-order valence-electron chi connectivity index (χ2n) is 5.28. The number of rotatable bonds is 7. The van der Waals surface area contributed by atoms with Crippen molar-refractivity contribution in [2.24, 2.45) is 0 Å². The molecule has 0 aliphatic carbocycles. The Morgan fingerprint density at radius 1 is 1.38 bits per heavy atom. The third-order valence-electron chi connectivity index (χ3n) is 3.85. The zero-order valence-corrected chi connectivity index (χ0v) is 13.4. The van der Waals surface area contributed by atoms with E-state index in [9.17, 15) is 0 Å². The van der Waals surface area contributed by atoms with Gasteiger partial charge < -0.3 is 10.1 Å². The highest BCUT2D eigenvalue weighted by atomic mass is 16.5. The zero-order valence-electron chi connectivity index (χ0n) is 13.4. The maximum atomic E-state index is 5.46. The molecule has 1 aromatic carbocycles. The third kappa shape index (κ3) is 3.64. The first kappa shape index (κ1) is 15.6. The number of methoxy groups -OCH3 is 1. The van der Waals surface area contributed by atoms with Gasteiger partial charge in [-0.1, -0.05) is 29.8 Å². The molecule has 0 saturated carbocycles. The Morgan fingerprint density at radius 2 is 2.19 bits per heavy atom. The standard InChI is InChI=1S/C17H25N3O/c1-5-20-17(16(21-4)12-19-20)15(18-3)10-9-14-8-6-7-13(2)11-14/h6-8,11-12,15,18H,5,9-10H2,1-4H3. The number of aromatic nitrogens is 2. The second-order valence-corrected chi connectivity index (χ2v) is 5.28. The average Bonchev–Trinajstić information content (AvgIpc) is 2.91. The van der Waals surface area contributed by atoms with Crippen LogP contribution in [0.15, 0.2) is 30.5 Å². The Hall–Kier alpha value is -1.81. The van der Waals surface area contributed by atoms with Crippen molar-refractivity contribution < 1.29 is 4.74 Å². The predicted octanol–water partition coefficient (Wildman–Crippen LogP) is 3.11. The lowest BCUT2D eigenvalue weighted by molar-refractivity contribution is 0.391. The van der Waals surface area contributed by atoms with Gasteiger partial charge in [0.15, 0.2) is 5.75 Å². The molecule has 0 fully saturated rings. The summed E-state index contributed by atoms with van der Waals surface area (Å²) < 4.78 is 7.47. The summed E-state index contributed by atoms with van der Waals surface area (Å²) in [6, 6.07) is 8.93. The maximum Gasteiger partial charge on any atom is 0.161 e. The summed E-state index contributed by atoms with van der Waals surface area (Å²) in [5.41, 5.74) is 3.82.